The molecule has 1 saturated carbocycles. The van der Waals surface area contributed by atoms with Crippen molar-refractivity contribution in [2.24, 2.45) is 5.92 Å². The van der Waals surface area contributed by atoms with Crippen molar-refractivity contribution < 1.29 is 14.6 Å². The minimum absolute atomic E-state index is 0.310. The molecule has 1 aliphatic rings. The molecule has 0 aromatic heterocycles. The molecule has 16 heavy (non-hydrogen) atoms. The number of rotatable bonds is 4. The Bertz CT molecular complexity index is 365. The summed E-state index contributed by atoms with van der Waals surface area (Å²) in [5.41, 5.74) is 1.42. The molecular formula is C13H16O3. The third-order valence-electron chi connectivity index (χ3n) is 2.83. The highest BCUT2D eigenvalue weighted by atomic mass is 16.5. The molecule has 1 N–H and O–H groups in total. The highest BCUT2D eigenvalue weighted by Crippen LogP contribution is 2.40. The van der Waals surface area contributed by atoms with E-state index in [1.165, 1.54) is 0 Å². The van der Waals surface area contributed by atoms with Crippen molar-refractivity contribution in [3.63, 3.8) is 0 Å². The minimum Gasteiger partial charge on any atom is -0.462 e. The van der Waals surface area contributed by atoms with Crippen LogP contribution in [-0.2, 0) is 4.74 Å². The number of benzene rings is 1. The average Bonchev–Trinajstić information content (AvgIpc) is 3.12. The second-order valence-electron chi connectivity index (χ2n) is 4.12. The number of esters is 1. The fourth-order valence-electron chi connectivity index (χ4n) is 1.71. The fraction of sp³-hybridized carbons (Fsp3) is 0.462. The van der Waals surface area contributed by atoms with E-state index in [0.29, 0.717) is 18.1 Å². The van der Waals surface area contributed by atoms with Crippen LogP contribution in [-0.4, -0.2) is 17.7 Å². The largest absolute Gasteiger partial charge is 0.462 e. The van der Waals surface area contributed by atoms with Crippen LogP contribution in [0.3, 0.4) is 0 Å². The molecule has 0 amide bonds. The van der Waals surface area contributed by atoms with Gasteiger partial charge in [0.25, 0.3) is 0 Å². The molecule has 3 heteroatoms. The van der Waals surface area contributed by atoms with Crippen LogP contribution < -0.4 is 0 Å². The van der Waals surface area contributed by atoms with Gasteiger partial charge in [-0.05, 0) is 43.4 Å². The van der Waals surface area contributed by atoms with E-state index >= 15 is 0 Å². The molecule has 0 saturated heterocycles. The van der Waals surface area contributed by atoms with Gasteiger partial charge in [0.05, 0.1) is 18.3 Å². The molecule has 1 aromatic rings. The Kier molecular flexibility index (Phi) is 3.25. The summed E-state index contributed by atoms with van der Waals surface area (Å²) < 4.78 is 4.89. The Morgan fingerprint density at radius 1 is 1.44 bits per heavy atom. The van der Waals surface area contributed by atoms with E-state index in [1.807, 2.05) is 0 Å². The Labute approximate surface area is 95.0 Å². The van der Waals surface area contributed by atoms with Crippen LogP contribution in [0, 0.1) is 5.92 Å². The summed E-state index contributed by atoms with van der Waals surface area (Å²) in [5, 5.41) is 9.88. The van der Waals surface area contributed by atoms with Crippen molar-refractivity contribution in [1.29, 1.82) is 0 Å². The molecule has 86 valence electrons. The van der Waals surface area contributed by atoms with E-state index in [1.54, 1.807) is 31.2 Å². The van der Waals surface area contributed by atoms with E-state index < -0.39 is 0 Å². The molecule has 0 aliphatic heterocycles. The summed E-state index contributed by atoms with van der Waals surface area (Å²) in [5.74, 6) is 0.100. The first-order valence-electron chi connectivity index (χ1n) is 5.67. The second kappa shape index (κ2) is 4.66. The van der Waals surface area contributed by atoms with Crippen LogP contribution in [0.2, 0.25) is 0 Å². The zero-order chi connectivity index (χ0) is 11.5. The number of aliphatic hydroxyl groups is 1. The molecule has 0 radical (unpaired) electrons. The van der Waals surface area contributed by atoms with E-state index in [-0.39, 0.29) is 12.1 Å². The van der Waals surface area contributed by atoms with Gasteiger partial charge < -0.3 is 9.84 Å². The predicted octanol–water partition coefficient (Wildman–Crippen LogP) is 2.31. The zero-order valence-electron chi connectivity index (χ0n) is 9.35. The van der Waals surface area contributed by atoms with Crippen molar-refractivity contribution in [2.45, 2.75) is 25.9 Å². The summed E-state index contributed by atoms with van der Waals surface area (Å²) in [6.07, 6.45) is 1.82. The Balaban J connectivity index is 2.06. The van der Waals surface area contributed by atoms with Gasteiger partial charge in [-0.15, -0.1) is 0 Å². The van der Waals surface area contributed by atoms with Crippen LogP contribution in [0.25, 0.3) is 0 Å². The lowest BCUT2D eigenvalue weighted by atomic mass is 10.0. The summed E-state index contributed by atoms with van der Waals surface area (Å²) in [7, 11) is 0. The van der Waals surface area contributed by atoms with Crippen LogP contribution in [0.5, 0.6) is 0 Å². The maximum Gasteiger partial charge on any atom is 0.338 e. The topological polar surface area (TPSA) is 46.5 Å². The van der Waals surface area contributed by atoms with Gasteiger partial charge in [0, 0.05) is 0 Å². The van der Waals surface area contributed by atoms with Gasteiger partial charge in [-0.3, -0.25) is 0 Å². The smallest absolute Gasteiger partial charge is 0.338 e. The van der Waals surface area contributed by atoms with Gasteiger partial charge in [-0.25, -0.2) is 4.79 Å². The maximum atomic E-state index is 11.4. The summed E-state index contributed by atoms with van der Waals surface area (Å²) >= 11 is 0. The highest BCUT2D eigenvalue weighted by molar-refractivity contribution is 5.89. The van der Waals surface area contributed by atoms with E-state index in [2.05, 4.69) is 0 Å². The fourth-order valence-corrected chi connectivity index (χ4v) is 1.71. The standard InChI is InChI=1S/C13H16O3/c1-2-16-13(15)11-7-5-10(6-8-11)12(14)9-3-4-9/h5-9,12,14H,2-4H2,1H3/t12-/m0/s1. The SMILES string of the molecule is CCOC(=O)c1ccc([C@@H](O)C2CC2)cc1. The van der Waals surface area contributed by atoms with Crippen molar-refractivity contribution in [3.8, 4) is 0 Å². The molecule has 1 aliphatic carbocycles. The van der Waals surface area contributed by atoms with Gasteiger partial charge in [0.15, 0.2) is 0 Å². The van der Waals surface area contributed by atoms with Gasteiger partial charge >= 0.3 is 5.97 Å². The molecule has 0 heterocycles. The lowest BCUT2D eigenvalue weighted by Crippen LogP contribution is -2.05. The third-order valence-corrected chi connectivity index (χ3v) is 2.83. The van der Waals surface area contributed by atoms with Crippen molar-refractivity contribution in [3.05, 3.63) is 35.4 Å². The Morgan fingerprint density at radius 3 is 2.56 bits per heavy atom. The van der Waals surface area contributed by atoms with Gasteiger partial charge in [-0.2, -0.15) is 0 Å². The first-order chi connectivity index (χ1) is 7.72. The number of aliphatic hydroxyl groups excluding tert-OH is 1. The molecule has 1 fully saturated rings. The molecule has 2 rings (SSSR count). The van der Waals surface area contributed by atoms with Crippen LogP contribution in [0.1, 0.15) is 41.8 Å². The molecule has 3 nitrogen and oxygen atoms in total. The monoisotopic (exact) mass is 220 g/mol. The molecule has 0 bridgehead atoms. The van der Waals surface area contributed by atoms with E-state index in [0.717, 1.165) is 18.4 Å². The predicted molar refractivity (Wildman–Crippen MR) is 60.1 cm³/mol. The average molecular weight is 220 g/mol. The minimum atomic E-state index is -0.378. The van der Waals surface area contributed by atoms with Crippen molar-refractivity contribution in [1.82, 2.24) is 0 Å². The quantitative estimate of drug-likeness (QED) is 0.792. The number of carbonyl (C=O) groups is 1. The van der Waals surface area contributed by atoms with Crippen LogP contribution in [0.15, 0.2) is 24.3 Å². The molecule has 0 spiro atoms. The van der Waals surface area contributed by atoms with Gasteiger partial charge in [-0.1, -0.05) is 12.1 Å². The van der Waals surface area contributed by atoms with Crippen LogP contribution >= 0.6 is 0 Å². The van der Waals surface area contributed by atoms with Crippen molar-refractivity contribution >= 4 is 5.97 Å². The first kappa shape index (κ1) is 11.1. The molecular weight excluding hydrogens is 204 g/mol. The van der Waals surface area contributed by atoms with Gasteiger partial charge in [0.2, 0.25) is 0 Å². The zero-order valence-corrected chi connectivity index (χ0v) is 9.35. The Morgan fingerprint density at radius 2 is 2.06 bits per heavy atom. The second-order valence-corrected chi connectivity index (χ2v) is 4.12. The lowest BCUT2D eigenvalue weighted by Gasteiger charge is -2.09. The number of hydrogen-bond acceptors (Lipinski definition) is 3. The Hall–Kier alpha value is -1.35. The summed E-state index contributed by atoms with van der Waals surface area (Å²) in [4.78, 5) is 11.4. The molecule has 1 aromatic carbocycles. The number of carbonyl (C=O) groups excluding carboxylic acids is 1. The molecule has 1 atom stereocenters. The van der Waals surface area contributed by atoms with E-state index in [4.69, 9.17) is 4.74 Å². The highest BCUT2D eigenvalue weighted by Gasteiger charge is 2.30. The van der Waals surface area contributed by atoms with Crippen LogP contribution in [0.4, 0.5) is 0 Å². The number of hydrogen-bond donors (Lipinski definition) is 1. The van der Waals surface area contributed by atoms with Crippen molar-refractivity contribution in [2.75, 3.05) is 6.61 Å². The summed E-state index contributed by atoms with van der Waals surface area (Å²) in [6.45, 7) is 2.16. The normalized spacial score (nSPS) is 16.9. The van der Waals surface area contributed by atoms with E-state index in [9.17, 15) is 9.90 Å². The number of ether oxygens (including phenoxy) is 1. The lowest BCUT2D eigenvalue weighted by molar-refractivity contribution is 0.0526. The maximum absolute atomic E-state index is 11.4. The summed E-state index contributed by atoms with van der Waals surface area (Å²) in [6, 6.07) is 7.02. The first-order valence-corrected chi connectivity index (χ1v) is 5.67. The third kappa shape index (κ3) is 2.42. The van der Waals surface area contributed by atoms with Gasteiger partial charge in [0.1, 0.15) is 0 Å². The molecule has 0 unspecified atom stereocenters.